The molecule has 0 aromatic heterocycles. The molecular weight excluding hydrogens is 697 g/mol. The minimum Gasteiger partial charge on any atom is -0.480 e. The van der Waals surface area contributed by atoms with Crippen molar-refractivity contribution in [3.8, 4) is 0 Å². The standard InChI is InChI=1S/C41H72NO10P/c1-3-5-7-9-11-13-15-17-18-19-20-21-23-25-27-29-31-33-40(44)52-37(35-50-53(47,48)51-36-38(42)41(45)46)34-49-39(43)32-30-28-26-24-22-16-14-12-10-8-6-4-2/h5,7,11-14,17-18,37-38H,3-4,6,8-10,15-16,19-36,42H2,1-2H3,(H,45,46)(H,47,48)/b7-5-,13-11-,14-12-,18-17-. The lowest BCUT2D eigenvalue weighted by Crippen LogP contribution is -2.34. The minimum absolute atomic E-state index is 0.147. The van der Waals surface area contributed by atoms with Crippen LogP contribution in [-0.2, 0) is 37.5 Å². The third-order valence-corrected chi connectivity index (χ3v) is 9.26. The zero-order valence-corrected chi connectivity index (χ0v) is 33.7. The van der Waals surface area contributed by atoms with Crippen LogP contribution in [0.4, 0.5) is 0 Å². The Morgan fingerprint density at radius 1 is 0.604 bits per heavy atom. The van der Waals surface area contributed by atoms with Crippen molar-refractivity contribution < 1.29 is 47.5 Å². The summed E-state index contributed by atoms with van der Waals surface area (Å²) < 4.78 is 32.6. The van der Waals surface area contributed by atoms with Gasteiger partial charge in [0.25, 0.3) is 0 Å². The molecule has 0 radical (unpaired) electrons. The molecule has 0 amide bonds. The summed E-state index contributed by atoms with van der Waals surface area (Å²) in [6.45, 7) is 2.63. The van der Waals surface area contributed by atoms with Gasteiger partial charge in [-0.15, -0.1) is 0 Å². The Morgan fingerprint density at radius 2 is 1.06 bits per heavy atom. The fraction of sp³-hybridized carbons (Fsp3) is 0.732. The molecule has 11 nitrogen and oxygen atoms in total. The van der Waals surface area contributed by atoms with Gasteiger partial charge in [-0.05, 0) is 70.6 Å². The highest BCUT2D eigenvalue weighted by atomic mass is 31.2. The molecule has 0 aromatic rings. The van der Waals surface area contributed by atoms with Crippen molar-refractivity contribution in [1.82, 2.24) is 0 Å². The first-order valence-corrected chi connectivity index (χ1v) is 21.7. The number of rotatable bonds is 37. The molecule has 0 aliphatic heterocycles. The molecule has 0 bridgehead atoms. The number of ether oxygens (including phenoxy) is 2. The number of unbranched alkanes of at least 4 members (excludes halogenated alkanes) is 15. The summed E-state index contributed by atoms with van der Waals surface area (Å²) in [6, 6.07) is -1.52. The Hall–Kier alpha value is -2.56. The van der Waals surface area contributed by atoms with Gasteiger partial charge in [-0.25, -0.2) is 4.57 Å². The number of hydrogen-bond donors (Lipinski definition) is 3. The number of esters is 2. The molecule has 0 saturated heterocycles. The van der Waals surface area contributed by atoms with Crippen LogP contribution in [-0.4, -0.2) is 59.9 Å². The van der Waals surface area contributed by atoms with Crippen molar-refractivity contribution in [3.63, 3.8) is 0 Å². The lowest BCUT2D eigenvalue weighted by atomic mass is 10.1. The molecule has 0 aliphatic carbocycles. The van der Waals surface area contributed by atoms with Gasteiger partial charge >= 0.3 is 25.7 Å². The summed E-state index contributed by atoms with van der Waals surface area (Å²) in [4.78, 5) is 45.8. The van der Waals surface area contributed by atoms with E-state index < -0.39 is 51.1 Å². The van der Waals surface area contributed by atoms with E-state index in [1.165, 1.54) is 25.7 Å². The van der Waals surface area contributed by atoms with Crippen LogP contribution in [0, 0.1) is 0 Å². The topological polar surface area (TPSA) is 172 Å². The van der Waals surface area contributed by atoms with Crippen LogP contribution in [0.5, 0.6) is 0 Å². The molecule has 0 fully saturated rings. The number of carbonyl (C=O) groups excluding carboxylic acids is 2. The quantitative estimate of drug-likeness (QED) is 0.0238. The summed E-state index contributed by atoms with van der Waals surface area (Å²) in [6.07, 6.45) is 38.9. The number of carboxylic acid groups (broad SMARTS) is 1. The van der Waals surface area contributed by atoms with E-state index in [1.807, 2.05) is 0 Å². The number of aliphatic carboxylic acids is 1. The number of allylic oxidation sites excluding steroid dienone is 8. The summed E-state index contributed by atoms with van der Waals surface area (Å²) in [5.74, 6) is -2.41. The Balaban J connectivity index is 4.43. The molecule has 53 heavy (non-hydrogen) atoms. The Kier molecular flexibility index (Phi) is 34.7. The van der Waals surface area contributed by atoms with Crippen molar-refractivity contribution in [1.29, 1.82) is 0 Å². The normalized spacial score (nSPS) is 14.3. The first kappa shape index (κ1) is 50.4. The van der Waals surface area contributed by atoms with Crippen LogP contribution in [0.25, 0.3) is 0 Å². The fourth-order valence-corrected chi connectivity index (χ4v) is 5.91. The van der Waals surface area contributed by atoms with E-state index in [2.05, 4.69) is 67.0 Å². The van der Waals surface area contributed by atoms with Crippen LogP contribution >= 0.6 is 7.82 Å². The zero-order chi connectivity index (χ0) is 39.3. The highest BCUT2D eigenvalue weighted by Crippen LogP contribution is 2.43. The number of carbonyl (C=O) groups is 3. The third-order valence-electron chi connectivity index (χ3n) is 8.31. The molecule has 4 N–H and O–H groups in total. The van der Waals surface area contributed by atoms with Gasteiger partial charge in [0.05, 0.1) is 13.2 Å². The van der Waals surface area contributed by atoms with Crippen LogP contribution < -0.4 is 5.73 Å². The third kappa shape index (κ3) is 36.2. The van der Waals surface area contributed by atoms with Crippen LogP contribution in [0.3, 0.4) is 0 Å². The summed E-state index contributed by atoms with van der Waals surface area (Å²) in [5.41, 5.74) is 5.32. The van der Waals surface area contributed by atoms with Gasteiger partial charge in [0.2, 0.25) is 0 Å². The Bertz CT molecular complexity index is 1090. The first-order chi connectivity index (χ1) is 25.6. The van der Waals surface area contributed by atoms with E-state index in [1.54, 1.807) is 0 Å². The minimum atomic E-state index is -4.72. The van der Waals surface area contributed by atoms with Crippen molar-refractivity contribution in [3.05, 3.63) is 48.6 Å². The lowest BCUT2D eigenvalue weighted by molar-refractivity contribution is -0.161. The second-order valence-electron chi connectivity index (χ2n) is 13.4. The maximum Gasteiger partial charge on any atom is 0.472 e. The Morgan fingerprint density at radius 3 is 1.60 bits per heavy atom. The number of phosphoric ester groups is 1. The lowest BCUT2D eigenvalue weighted by Gasteiger charge is -2.20. The fourth-order valence-electron chi connectivity index (χ4n) is 5.13. The molecule has 0 spiro atoms. The molecule has 3 unspecified atom stereocenters. The van der Waals surface area contributed by atoms with Gasteiger partial charge in [0.15, 0.2) is 6.10 Å². The van der Waals surface area contributed by atoms with Gasteiger partial charge in [0, 0.05) is 12.8 Å². The zero-order valence-electron chi connectivity index (χ0n) is 32.8. The summed E-state index contributed by atoms with van der Waals surface area (Å²) in [5, 5.41) is 8.87. The van der Waals surface area contributed by atoms with Gasteiger partial charge < -0.3 is 25.2 Å². The molecule has 0 aliphatic rings. The highest BCUT2D eigenvalue weighted by molar-refractivity contribution is 7.47. The van der Waals surface area contributed by atoms with Crippen molar-refractivity contribution >= 4 is 25.7 Å². The Labute approximate surface area is 320 Å². The van der Waals surface area contributed by atoms with Gasteiger partial charge in [-0.2, -0.15) is 0 Å². The average Bonchev–Trinajstić information content (AvgIpc) is 3.13. The van der Waals surface area contributed by atoms with E-state index in [0.29, 0.717) is 12.8 Å². The number of phosphoric acid groups is 1. The highest BCUT2D eigenvalue weighted by Gasteiger charge is 2.28. The molecule has 0 heterocycles. The largest absolute Gasteiger partial charge is 0.480 e. The molecule has 3 atom stereocenters. The van der Waals surface area contributed by atoms with E-state index in [0.717, 1.165) is 96.3 Å². The van der Waals surface area contributed by atoms with Crippen LogP contribution in [0.2, 0.25) is 0 Å². The van der Waals surface area contributed by atoms with Crippen LogP contribution in [0.15, 0.2) is 48.6 Å². The van der Waals surface area contributed by atoms with E-state index in [9.17, 15) is 23.8 Å². The molecule has 0 aromatic carbocycles. The van der Waals surface area contributed by atoms with Crippen LogP contribution in [0.1, 0.15) is 162 Å². The van der Waals surface area contributed by atoms with Crippen molar-refractivity contribution in [2.75, 3.05) is 19.8 Å². The smallest absolute Gasteiger partial charge is 0.472 e. The van der Waals surface area contributed by atoms with Crippen molar-refractivity contribution in [2.24, 2.45) is 5.73 Å². The molecule has 306 valence electrons. The summed E-state index contributed by atoms with van der Waals surface area (Å²) in [7, 11) is -4.72. The monoisotopic (exact) mass is 769 g/mol. The van der Waals surface area contributed by atoms with E-state index in [-0.39, 0.29) is 19.4 Å². The van der Waals surface area contributed by atoms with Gasteiger partial charge in [-0.3, -0.25) is 23.4 Å². The van der Waals surface area contributed by atoms with Gasteiger partial charge in [0.1, 0.15) is 12.6 Å². The van der Waals surface area contributed by atoms with E-state index in [4.69, 9.17) is 24.8 Å². The molecule has 12 heteroatoms. The maximum absolute atomic E-state index is 12.6. The maximum atomic E-state index is 12.6. The number of carboxylic acids is 1. The first-order valence-electron chi connectivity index (χ1n) is 20.2. The predicted octanol–water partition coefficient (Wildman–Crippen LogP) is 10.2. The van der Waals surface area contributed by atoms with Gasteiger partial charge in [-0.1, -0.05) is 127 Å². The average molecular weight is 770 g/mol. The summed E-state index contributed by atoms with van der Waals surface area (Å²) >= 11 is 0. The second-order valence-corrected chi connectivity index (χ2v) is 14.8. The number of nitrogens with two attached hydrogens (primary N) is 1. The molecule has 0 rings (SSSR count). The number of hydrogen-bond acceptors (Lipinski definition) is 9. The predicted molar refractivity (Wildman–Crippen MR) is 212 cm³/mol. The second kappa shape index (κ2) is 36.4. The van der Waals surface area contributed by atoms with Crippen molar-refractivity contribution in [2.45, 2.75) is 174 Å². The van der Waals surface area contributed by atoms with E-state index >= 15 is 0 Å². The molecular formula is C41H72NO10P. The SMILES string of the molecule is CC/C=C\C/C=C\C/C=C\CCCCCCCCCC(=O)OC(COC(=O)CCCCCCC/C=C\CCCCC)COP(=O)(O)OCC(N)C(=O)O. The molecule has 0 saturated carbocycles.